The number of fused-ring (bicyclic) bond motifs is 1. The fourth-order valence-corrected chi connectivity index (χ4v) is 3.38. The Labute approximate surface area is 111 Å². The van der Waals surface area contributed by atoms with E-state index in [1.165, 1.54) is 19.3 Å². The van der Waals surface area contributed by atoms with Crippen LogP contribution in [0.25, 0.3) is 10.2 Å². The van der Waals surface area contributed by atoms with Crippen LogP contribution >= 0.6 is 11.3 Å². The van der Waals surface area contributed by atoms with E-state index in [-0.39, 0.29) is 0 Å². The van der Waals surface area contributed by atoms with Crippen LogP contribution < -0.4 is 10.6 Å². The normalized spacial score (nSPS) is 23.4. The first-order chi connectivity index (χ1) is 8.78. The van der Waals surface area contributed by atoms with Crippen LogP contribution in [-0.4, -0.2) is 23.1 Å². The molecule has 0 bridgehead atoms. The van der Waals surface area contributed by atoms with E-state index in [1.807, 2.05) is 7.05 Å². The highest BCUT2D eigenvalue weighted by atomic mass is 32.1. The van der Waals surface area contributed by atoms with Crippen molar-refractivity contribution >= 4 is 33.3 Å². The van der Waals surface area contributed by atoms with Gasteiger partial charge in [0, 0.05) is 13.1 Å². The van der Waals surface area contributed by atoms with E-state index in [2.05, 4.69) is 39.0 Å². The predicted octanol–water partition coefficient (Wildman–Crippen LogP) is 3.33. The van der Waals surface area contributed by atoms with E-state index in [9.17, 15) is 0 Å². The maximum absolute atomic E-state index is 4.56. The Balaban J connectivity index is 1.96. The molecule has 2 heterocycles. The molecule has 4 nitrogen and oxygen atoms in total. The summed E-state index contributed by atoms with van der Waals surface area (Å²) in [7, 11) is 1.86. The summed E-state index contributed by atoms with van der Waals surface area (Å²) in [5.41, 5.74) is 0. The first-order valence-corrected chi connectivity index (χ1v) is 7.35. The van der Waals surface area contributed by atoms with Crippen LogP contribution in [0.3, 0.4) is 0 Å². The molecule has 0 radical (unpaired) electrons. The molecule has 0 aliphatic heterocycles. The van der Waals surface area contributed by atoms with E-state index in [4.69, 9.17) is 0 Å². The van der Waals surface area contributed by atoms with Gasteiger partial charge in [-0.15, -0.1) is 11.3 Å². The van der Waals surface area contributed by atoms with Crippen molar-refractivity contribution in [2.75, 3.05) is 17.7 Å². The van der Waals surface area contributed by atoms with Gasteiger partial charge in [-0.1, -0.05) is 13.3 Å². The predicted molar refractivity (Wildman–Crippen MR) is 77.4 cm³/mol. The Bertz CT molecular complexity index is 551. The SMILES string of the molecule is CNc1nc(NC2CCCC2C)c2ccsc2n1. The van der Waals surface area contributed by atoms with Crippen molar-refractivity contribution in [2.24, 2.45) is 5.92 Å². The van der Waals surface area contributed by atoms with E-state index >= 15 is 0 Å². The summed E-state index contributed by atoms with van der Waals surface area (Å²) in [5, 5.41) is 9.85. The van der Waals surface area contributed by atoms with E-state index in [0.29, 0.717) is 12.0 Å². The molecule has 2 unspecified atom stereocenters. The summed E-state index contributed by atoms with van der Waals surface area (Å²) in [6, 6.07) is 2.65. The van der Waals surface area contributed by atoms with Gasteiger partial charge in [0.1, 0.15) is 10.6 Å². The number of hydrogen-bond donors (Lipinski definition) is 2. The minimum Gasteiger partial charge on any atom is -0.366 e. The third-order valence-electron chi connectivity index (χ3n) is 3.73. The van der Waals surface area contributed by atoms with Gasteiger partial charge in [0.05, 0.1) is 5.39 Å². The average Bonchev–Trinajstić information content (AvgIpc) is 2.98. The van der Waals surface area contributed by atoms with Crippen molar-refractivity contribution < 1.29 is 0 Å². The van der Waals surface area contributed by atoms with Crippen LogP contribution in [0.2, 0.25) is 0 Å². The second kappa shape index (κ2) is 4.72. The van der Waals surface area contributed by atoms with Crippen molar-refractivity contribution in [3.63, 3.8) is 0 Å². The summed E-state index contributed by atoms with van der Waals surface area (Å²) in [5.74, 6) is 2.40. The summed E-state index contributed by atoms with van der Waals surface area (Å²) < 4.78 is 0. The number of rotatable bonds is 3. The first-order valence-electron chi connectivity index (χ1n) is 6.47. The third-order valence-corrected chi connectivity index (χ3v) is 4.54. The van der Waals surface area contributed by atoms with Crippen molar-refractivity contribution in [3.8, 4) is 0 Å². The lowest BCUT2D eigenvalue weighted by Gasteiger charge is -2.18. The number of thiophene rings is 1. The molecular weight excluding hydrogens is 244 g/mol. The number of nitrogens with one attached hydrogen (secondary N) is 2. The van der Waals surface area contributed by atoms with Gasteiger partial charge in [0.15, 0.2) is 0 Å². The Morgan fingerprint density at radius 1 is 1.33 bits per heavy atom. The Kier molecular flexibility index (Phi) is 3.07. The molecule has 96 valence electrons. The van der Waals surface area contributed by atoms with Crippen molar-refractivity contribution in [2.45, 2.75) is 32.2 Å². The molecule has 0 spiro atoms. The minimum absolute atomic E-state index is 0.549. The Morgan fingerprint density at radius 3 is 2.94 bits per heavy atom. The van der Waals surface area contributed by atoms with E-state index in [0.717, 1.165) is 22.0 Å². The first kappa shape index (κ1) is 11.7. The second-order valence-electron chi connectivity index (χ2n) is 4.94. The summed E-state index contributed by atoms with van der Waals surface area (Å²) in [4.78, 5) is 10.1. The topological polar surface area (TPSA) is 49.8 Å². The molecule has 1 saturated carbocycles. The number of hydrogen-bond acceptors (Lipinski definition) is 5. The second-order valence-corrected chi connectivity index (χ2v) is 5.84. The Hall–Kier alpha value is -1.36. The zero-order valence-electron chi connectivity index (χ0n) is 10.7. The van der Waals surface area contributed by atoms with Crippen LogP contribution in [0.4, 0.5) is 11.8 Å². The molecule has 2 N–H and O–H groups in total. The maximum Gasteiger partial charge on any atom is 0.225 e. The molecule has 2 aromatic heterocycles. The van der Waals surface area contributed by atoms with Crippen molar-refractivity contribution in [1.29, 1.82) is 0 Å². The molecule has 0 saturated heterocycles. The zero-order valence-corrected chi connectivity index (χ0v) is 11.5. The van der Waals surface area contributed by atoms with Crippen LogP contribution in [0.1, 0.15) is 26.2 Å². The average molecular weight is 262 g/mol. The largest absolute Gasteiger partial charge is 0.366 e. The third kappa shape index (κ3) is 2.03. The quantitative estimate of drug-likeness (QED) is 0.890. The lowest BCUT2D eigenvalue weighted by molar-refractivity contribution is 0.555. The molecule has 5 heteroatoms. The monoisotopic (exact) mass is 262 g/mol. The van der Waals surface area contributed by atoms with Gasteiger partial charge in [-0.25, -0.2) is 4.98 Å². The number of aromatic nitrogens is 2. The molecule has 2 aromatic rings. The number of anilines is 2. The van der Waals surface area contributed by atoms with Gasteiger partial charge in [0.2, 0.25) is 5.95 Å². The maximum atomic E-state index is 4.56. The van der Waals surface area contributed by atoms with Gasteiger partial charge in [-0.3, -0.25) is 0 Å². The smallest absolute Gasteiger partial charge is 0.225 e. The molecule has 2 atom stereocenters. The zero-order chi connectivity index (χ0) is 12.5. The van der Waals surface area contributed by atoms with E-state index < -0.39 is 0 Å². The molecule has 18 heavy (non-hydrogen) atoms. The lowest BCUT2D eigenvalue weighted by atomic mass is 10.1. The van der Waals surface area contributed by atoms with Gasteiger partial charge >= 0.3 is 0 Å². The molecular formula is C13H18N4S. The highest BCUT2D eigenvalue weighted by Gasteiger charge is 2.24. The van der Waals surface area contributed by atoms with Gasteiger partial charge in [-0.2, -0.15) is 4.98 Å². The van der Waals surface area contributed by atoms with Gasteiger partial charge in [-0.05, 0) is 30.2 Å². The van der Waals surface area contributed by atoms with Crippen LogP contribution in [-0.2, 0) is 0 Å². The molecule has 0 amide bonds. The molecule has 1 fully saturated rings. The van der Waals surface area contributed by atoms with E-state index in [1.54, 1.807) is 11.3 Å². The van der Waals surface area contributed by atoms with Crippen LogP contribution in [0.5, 0.6) is 0 Å². The van der Waals surface area contributed by atoms with Crippen LogP contribution in [0.15, 0.2) is 11.4 Å². The highest BCUT2D eigenvalue weighted by Crippen LogP contribution is 2.31. The molecule has 3 rings (SSSR count). The minimum atomic E-state index is 0.549. The van der Waals surface area contributed by atoms with Crippen molar-refractivity contribution in [3.05, 3.63) is 11.4 Å². The fourth-order valence-electron chi connectivity index (χ4n) is 2.61. The molecule has 0 aromatic carbocycles. The molecule has 1 aliphatic rings. The number of nitrogens with zero attached hydrogens (tertiary/aromatic N) is 2. The van der Waals surface area contributed by atoms with Gasteiger partial charge < -0.3 is 10.6 Å². The van der Waals surface area contributed by atoms with Crippen molar-refractivity contribution in [1.82, 2.24) is 9.97 Å². The molecule has 1 aliphatic carbocycles. The summed E-state index contributed by atoms with van der Waals surface area (Å²) in [6.07, 6.45) is 3.87. The standard InChI is InChI=1S/C13H18N4S/c1-8-4-3-5-10(8)15-11-9-6-7-18-12(9)17-13(14-2)16-11/h6-8,10H,3-5H2,1-2H3,(H2,14,15,16,17). The van der Waals surface area contributed by atoms with Gasteiger partial charge in [0.25, 0.3) is 0 Å². The lowest BCUT2D eigenvalue weighted by Crippen LogP contribution is -2.22. The fraction of sp³-hybridized carbons (Fsp3) is 0.538. The summed E-state index contributed by atoms with van der Waals surface area (Å²) in [6.45, 7) is 2.32. The summed E-state index contributed by atoms with van der Waals surface area (Å²) >= 11 is 1.66. The van der Waals surface area contributed by atoms with Crippen LogP contribution in [0, 0.1) is 5.92 Å². The highest BCUT2D eigenvalue weighted by molar-refractivity contribution is 7.16. The Morgan fingerprint density at radius 2 is 2.22 bits per heavy atom.